The smallest absolute Gasteiger partial charge is 0.222 e. The van der Waals surface area contributed by atoms with Crippen LogP contribution < -0.4 is 5.32 Å². The maximum absolute atomic E-state index is 12.1. The van der Waals surface area contributed by atoms with Crippen molar-refractivity contribution in [2.45, 2.75) is 63.8 Å². The fraction of sp³-hybridized carbons (Fsp3) is 0.875. The lowest BCUT2D eigenvalue weighted by atomic mass is 9.97. The summed E-state index contributed by atoms with van der Waals surface area (Å²) in [4.78, 5) is 25.6. The molecule has 4 nitrogen and oxygen atoms in total. The molecular weight excluding hydrogens is 252 g/mol. The molecule has 0 aromatic carbocycles. The second kappa shape index (κ2) is 6.15. The van der Waals surface area contributed by atoms with Crippen LogP contribution in [0.15, 0.2) is 0 Å². The summed E-state index contributed by atoms with van der Waals surface area (Å²) < 4.78 is 0. The van der Waals surface area contributed by atoms with Gasteiger partial charge in [-0.1, -0.05) is 12.8 Å². The normalized spacial score (nSPS) is 33.3. The predicted molar refractivity (Wildman–Crippen MR) is 77.0 cm³/mol. The highest BCUT2D eigenvalue weighted by Gasteiger charge is 2.39. The maximum Gasteiger partial charge on any atom is 0.222 e. The minimum atomic E-state index is 0.140. The van der Waals surface area contributed by atoms with Crippen LogP contribution in [-0.2, 0) is 9.59 Å². The molecule has 3 aliphatic rings. The van der Waals surface area contributed by atoms with Crippen LogP contribution in [0.5, 0.6) is 0 Å². The van der Waals surface area contributed by atoms with Crippen LogP contribution >= 0.6 is 0 Å². The van der Waals surface area contributed by atoms with E-state index in [1.54, 1.807) is 0 Å². The van der Waals surface area contributed by atoms with E-state index in [9.17, 15) is 9.59 Å². The topological polar surface area (TPSA) is 49.4 Å². The zero-order chi connectivity index (χ0) is 13.9. The number of nitrogens with one attached hydrogen (secondary N) is 1. The molecule has 0 aromatic rings. The molecule has 2 aliphatic carbocycles. The van der Waals surface area contributed by atoms with Gasteiger partial charge in [0.15, 0.2) is 0 Å². The van der Waals surface area contributed by atoms with Gasteiger partial charge in [0.05, 0.1) is 0 Å². The van der Waals surface area contributed by atoms with E-state index in [0.29, 0.717) is 25.4 Å². The molecular formula is C16H26N2O2. The van der Waals surface area contributed by atoms with Gasteiger partial charge in [0.2, 0.25) is 11.8 Å². The lowest BCUT2D eigenvalue weighted by molar-refractivity contribution is -0.133. The van der Waals surface area contributed by atoms with Gasteiger partial charge in [-0.05, 0) is 43.9 Å². The average Bonchev–Trinajstić information content (AvgIpc) is 3.03. The summed E-state index contributed by atoms with van der Waals surface area (Å²) in [5.74, 6) is 1.96. The Hall–Kier alpha value is -1.06. The maximum atomic E-state index is 12.1. The van der Waals surface area contributed by atoms with Crippen LogP contribution in [0.3, 0.4) is 0 Å². The van der Waals surface area contributed by atoms with Crippen LogP contribution in [0, 0.1) is 11.8 Å². The second-order valence-corrected chi connectivity index (χ2v) is 6.69. The molecule has 3 atom stereocenters. The minimum absolute atomic E-state index is 0.140. The van der Waals surface area contributed by atoms with Crippen molar-refractivity contribution in [3.63, 3.8) is 0 Å². The Morgan fingerprint density at radius 2 is 2.05 bits per heavy atom. The van der Waals surface area contributed by atoms with Gasteiger partial charge in [0.1, 0.15) is 0 Å². The number of likely N-dealkylation sites (tertiary alicyclic amines) is 1. The van der Waals surface area contributed by atoms with Gasteiger partial charge in [0, 0.05) is 32.0 Å². The Morgan fingerprint density at radius 3 is 2.90 bits per heavy atom. The molecule has 2 amide bonds. The number of carbonyl (C=O) groups excluding carboxylic acids is 2. The van der Waals surface area contributed by atoms with E-state index in [2.05, 4.69) is 5.32 Å². The van der Waals surface area contributed by atoms with Crippen LogP contribution in [0.25, 0.3) is 0 Å². The number of carbonyl (C=O) groups is 2. The van der Waals surface area contributed by atoms with Gasteiger partial charge in [-0.25, -0.2) is 0 Å². The van der Waals surface area contributed by atoms with Crippen molar-refractivity contribution in [3.05, 3.63) is 0 Å². The molecule has 3 rings (SSSR count). The molecule has 0 bridgehead atoms. The number of hydrogen-bond acceptors (Lipinski definition) is 2. The fourth-order valence-electron chi connectivity index (χ4n) is 4.35. The molecule has 3 fully saturated rings. The first-order chi connectivity index (χ1) is 9.74. The predicted octanol–water partition coefficient (Wildman–Crippen LogP) is 2.08. The quantitative estimate of drug-likeness (QED) is 0.856. The van der Waals surface area contributed by atoms with E-state index < -0.39 is 0 Å². The van der Waals surface area contributed by atoms with Gasteiger partial charge in [-0.15, -0.1) is 0 Å². The van der Waals surface area contributed by atoms with Crippen LogP contribution in [0.1, 0.15) is 57.8 Å². The third kappa shape index (κ3) is 2.99. The first-order valence-corrected chi connectivity index (χ1v) is 8.31. The van der Waals surface area contributed by atoms with E-state index in [-0.39, 0.29) is 11.8 Å². The summed E-state index contributed by atoms with van der Waals surface area (Å²) in [7, 11) is 0. The SMILES string of the molecule is O=C(CCN1CCCCC1=O)N[C@@H]1CC[C@H]2CCC[C@H]21. The summed E-state index contributed by atoms with van der Waals surface area (Å²) in [6, 6.07) is 0.409. The van der Waals surface area contributed by atoms with Gasteiger partial charge < -0.3 is 10.2 Å². The molecule has 112 valence electrons. The molecule has 1 heterocycles. The Labute approximate surface area is 121 Å². The van der Waals surface area contributed by atoms with Crippen molar-refractivity contribution in [1.82, 2.24) is 10.2 Å². The van der Waals surface area contributed by atoms with Crippen molar-refractivity contribution in [1.29, 1.82) is 0 Å². The Kier molecular flexibility index (Phi) is 4.27. The van der Waals surface area contributed by atoms with Crippen molar-refractivity contribution in [3.8, 4) is 0 Å². The van der Waals surface area contributed by atoms with Crippen LogP contribution in [0.2, 0.25) is 0 Å². The first-order valence-electron chi connectivity index (χ1n) is 8.31. The Balaban J connectivity index is 1.42. The fourth-order valence-corrected chi connectivity index (χ4v) is 4.35. The first kappa shape index (κ1) is 13.9. The number of piperidine rings is 1. The highest BCUT2D eigenvalue weighted by Crippen LogP contribution is 2.43. The summed E-state index contributed by atoms with van der Waals surface area (Å²) in [6.07, 6.45) is 9.66. The van der Waals surface area contributed by atoms with E-state index in [0.717, 1.165) is 37.6 Å². The number of amides is 2. The van der Waals surface area contributed by atoms with E-state index in [1.807, 2.05) is 4.90 Å². The third-order valence-corrected chi connectivity index (χ3v) is 5.46. The number of rotatable bonds is 4. The summed E-state index contributed by atoms with van der Waals surface area (Å²) in [5, 5.41) is 3.23. The average molecular weight is 278 g/mol. The molecule has 0 aromatic heterocycles. The lowest BCUT2D eigenvalue weighted by Gasteiger charge is -2.27. The summed E-state index contributed by atoms with van der Waals surface area (Å²) >= 11 is 0. The molecule has 0 unspecified atom stereocenters. The molecule has 4 heteroatoms. The lowest BCUT2D eigenvalue weighted by Crippen LogP contribution is -2.41. The molecule has 1 saturated heterocycles. The molecule has 0 radical (unpaired) electrons. The highest BCUT2D eigenvalue weighted by atomic mass is 16.2. The Morgan fingerprint density at radius 1 is 1.15 bits per heavy atom. The van der Waals surface area contributed by atoms with E-state index in [4.69, 9.17) is 0 Å². The zero-order valence-corrected chi connectivity index (χ0v) is 12.3. The molecule has 1 aliphatic heterocycles. The van der Waals surface area contributed by atoms with Crippen molar-refractivity contribution >= 4 is 11.8 Å². The van der Waals surface area contributed by atoms with E-state index in [1.165, 1.54) is 25.7 Å². The standard InChI is InChI=1S/C16H26N2O2/c19-15(9-11-18-10-2-1-6-16(18)20)17-14-8-7-12-4-3-5-13(12)14/h12-14H,1-11H2,(H,17,19)/t12-,13-,14-/m1/s1. The van der Waals surface area contributed by atoms with Gasteiger partial charge in [-0.2, -0.15) is 0 Å². The van der Waals surface area contributed by atoms with Gasteiger partial charge in [0.25, 0.3) is 0 Å². The van der Waals surface area contributed by atoms with Gasteiger partial charge in [-0.3, -0.25) is 9.59 Å². The molecule has 0 spiro atoms. The largest absolute Gasteiger partial charge is 0.353 e. The van der Waals surface area contributed by atoms with Crippen molar-refractivity contribution < 1.29 is 9.59 Å². The Bertz CT molecular complexity index is 383. The van der Waals surface area contributed by atoms with Crippen LogP contribution in [-0.4, -0.2) is 35.8 Å². The third-order valence-electron chi connectivity index (χ3n) is 5.46. The monoisotopic (exact) mass is 278 g/mol. The zero-order valence-electron chi connectivity index (χ0n) is 12.3. The highest BCUT2D eigenvalue weighted by molar-refractivity contribution is 5.79. The van der Waals surface area contributed by atoms with Crippen molar-refractivity contribution in [2.75, 3.05) is 13.1 Å². The summed E-state index contributed by atoms with van der Waals surface area (Å²) in [5.41, 5.74) is 0. The minimum Gasteiger partial charge on any atom is -0.353 e. The second-order valence-electron chi connectivity index (χ2n) is 6.69. The number of hydrogen-bond donors (Lipinski definition) is 1. The van der Waals surface area contributed by atoms with Gasteiger partial charge >= 0.3 is 0 Å². The number of fused-ring (bicyclic) bond motifs is 1. The number of nitrogens with zero attached hydrogens (tertiary/aromatic N) is 1. The molecule has 20 heavy (non-hydrogen) atoms. The summed E-state index contributed by atoms with van der Waals surface area (Å²) in [6.45, 7) is 1.44. The van der Waals surface area contributed by atoms with E-state index >= 15 is 0 Å². The van der Waals surface area contributed by atoms with Crippen molar-refractivity contribution in [2.24, 2.45) is 11.8 Å². The van der Waals surface area contributed by atoms with Crippen LogP contribution in [0.4, 0.5) is 0 Å². The molecule has 1 N–H and O–H groups in total. The molecule has 2 saturated carbocycles.